The van der Waals surface area contributed by atoms with E-state index < -0.39 is 0 Å². The van der Waals surface area contributed by atoms with Crippen LogP contribution in [0.15, 0.2) is 61.2 Å². The molecule has 128 valence electrons. The Morgan fingerprint density at radius 1 is 1.08 bits per heavy atom. The number of ether oxygens (including phenoxy) is 1. The number of hydrogen-bond acceptors (Lipinski definition) is 6. The van der Waals surface area contributed by atoms with Crippen molar-refractivity contribution in [3.8, 4) is 22.5 Å². The van der Waals surface area contributed by atoms with Gasteiger partial charge >= 0.3 is 5.97 Å². The highest BCUT2D eigenvalue weighted by Crippen LogP contribution is 2.25. The third kappa shape index (κ3) is 2.90. The van der Waals surface area contributed by atoms with Crippen molar-refractivity contribution in [3.63, 3.8) is 0 Å². The molecule has 0 bridgehead atoms. The van der Waals surface area contributed by atoms with E-state index in [1.807, 2.05) is 30.3 Å². The first-order valence-corrected chi connectivity index (χ1v) is 8.15. The molecule has 0 unspecified atom stereocenters. The van der Waals surface area contributed by atoms with Crippen LogP contribution in [-0.4, -0.2) is 37.1 Å². The van der Waals surface area contributed by atoms with Crippen molar-refractivity contribution < 1.29 is 9.53 Å². The van der Waals surface area contributed by atoms with E-state index in [2.05, 4.69) is 20.1 Å². The van der Waals surface area contributed by atoms with Crippen molar-refractivity contribution in [2.45, 2.75) is 6.92 Å². The molecule has 3 aromatic heterocycles. The second-order valence-electron chi connectivity index (χ2n) is 5.53. The van der Waals surface area contributed by atoms with Gasteiger partial charge in [0, 0.05) is 23.5 Å². The molecular weight excluding hydrogens is 330 g/mol. The van der Waals surface area contributed by atoms with Crippen LogP contribution in [-0.2, 0) is 4.74 Å². The zero-order chi connectivity index (χ0) is 17.9. The Hall–Kier alpha value is -3.61. The Kier molecular flexibility index (Phi) is 4.10. The average Bonchev–Trinajstić information content (AvgIpc) is 3.17. The minimum atomic E-state index is -0.336. The fourth-order valence-corrected chi connectivity index (χ4v) is 2.68. The van der Waals surface area contributed by atoms with Gasteiger partial charge in [0.2, 0.25) is 0 Å². The molecule has 4 aromatic rings. The molecule has 4 rings (SSSR count). The zero-order valence-electron chi connectivity index (χ0n) is 14.0. The summed E-state index contributed by atoms with van der Waals surface area (Å²) < 4.78 is 6.70. The minimum Gasteiger partial charge on any atom is -0.462 e. The number of pyridine rings is 1. The van der Waals surface area contributed by atoms with E-state index in [4.69, 9.17) is 4.74 Å². The second kappa shape index (κ2) is 6.72. The number of aromatic nitrogens is 5. The van der Waals surface area contributed by atoms with E-state index in [-0.39, 0.29) is 5.97 Å². The topological polar surface area (TPSA) is 82.3 Å². The third-order valence-corrected chi connectivity index (χ3v) is 3.92. The third-order valence-electron chi connectivity index (χ3n) is 3.92. The predicted octanol–water partition coefficient (Wildman–Crippen LogP) is 3.03. The molecule has 0 aliphatic heterocycles. The van der Waals surface area contributed by atoms with Gasteiger partial charge in [0.05, 0.1) is 23.6 Å². The molecule has 0 aliphatic carbocycles. The van der Waals surface area contributed by atoms with E-state index in [0.717, 1.165) is 22.5 Å². The molecule has 7 heteroatoms. The number of esters is 1. The molecule has 0 atom stereocenters. The average molecular weight is 345 g/mol. The summed E-state index contributed by atoms with van der Waals surface area (Å²) in [5.41, 5.74) is 3.95. The highest BCUT2D eigenvalue weighted by molar-refractivity contribution is 5.90. The fraction of sp³-hybridized carbons (Fsp3) is 0.105. The summed E-state index contributed by atoms with van der Waals surface area (Å²) in [6, 6.07) is 12.9. The molecule has 0 aliphatic rings. The lowest BCUT2D eigenvalue weighted by atomic mass is 10.1. The van der Waals surface area contributed by atoms with Crippen LogP contribution in [0.3, 0.4) is 0 Å². The Morgan fingerprint density at radius 3 is 2.58 bits per heavy atom. The van der Waals surface area contributed by atoms with Gasteiger partial charge in [0.15, 0.2) is 0 Å². The van der Waals surface area contributed by atoms with Gasteiger partial charge in [-0.3, -0.25) is 4.98 Å². The van der Waals surface area contributed by atoms with Crippen LogP contribution in [0.25, 0.3) is 28.3 Å². The van der Waals surface area contributed by atoms with Crippen LogP contribution >= 0.6 is 0 Å². The first-order valence-electron chi connectivity index (χ1n) is 8.15. The fourth-order valence-electron chi connectivity index (χ4n) is 2.68. The summed E-state index contributed by atoms with van der Waals surface area (Å²) in [4.78, 5) is 24.6. The highest BCUT2D eigenvalue weighted by Gasteiger charge is 2.12. The van der Waals surface area contributed by atoms with Crippen LogP contribution in [0.2, 0.25) is 0 Å². The van der Waals surface area contributed by atoms with Crippen molar-refractivity contribution in [1.29, 1.82) is 0 Å². The zero-order valence-corrected chi connectivity index (χ0v) is 14.0. The smallest absolute Gasteiger partial charge is 0.338 e. The molecule has 7 nitrogen and oxygen atoms in total. The maximum atomic E-state index is 11.8. The van der Waals surface area contributed by atoms with Crippen LogP contribution in [0.5, 0.6) is 0 Å². The van der Waals surface area contributed by atoms with Crippen molar-refractivity contribution in [1.82, 2.24) is 24.6 Å². The monoisotopic (exact) mass is 345 g/mol. The van der Waals surface area contributed by atoms with E-state index in [1.54, 1.807) is 36.0 Å². The molecule has 26 heavy (non-hydrogen) atoms. The van der Waals surface area contributed by atoms with E-state index in [0.29, 0.717) is 17.9 Å². The standard InChI is InChI=1S/C19H15N5O2/c1-2-26-18(25)15-5-3-13(4-6-15)16-11-17(14-7-9-20-10-8-14)24-19(23-16)21-12-22-24/h3-12H,2H2,1H3. The Balaban J connectivity index is 1.79. The maximum absolute atomic E-state index is 11.8. The quantitative estimate of drug-likeness (QED) is 0.529. The van der Waals surface area contributed by atoms with Crippen LogP contribution in [0, 0.1) is 0 Å². The number of fused-ring (bicyclic) bond motifs is 1. The van der Waals surface area contributed by atoms with E-state index in [9.17, 15) is 4.79 Å². The molecule has 0 amide bonds. The lowest BCUT2D eigenvalue weighted by Crippen LogP contribution is -2.04. The molecule has 1 aromatic carbocycles. The molecule has 0 saturated heterocycles. The van der Waals surface area contributed by atoms with Gasteiger partial charge in [-0.25, -0.2) is 9.78 Å². The van der Waals surface area contributed by atoms with Gasteiger partial charge in [0.25, 0.3) is 5.78 Å². The highest BCUT2D eigenvalue weighted by atomic mass is 16.5. The number of hydrogen-bond donors (Lipinski definition) is 0. The van der Waals surface area contributed by atoms with Gasteiger partial charge in [-0.15, -0.1) is 0 Å². The minimum absolute atomic E-state index is 0.336. The molecular formula is C19H15N5O2. The molecule has 3 heterocycles. The summed E-state index contributed by atoms with van der Waals surface area (Å²) in [6.07, 6.45) is 4.93. The normalized spacial score (nSPS) is 10.8. The van der Waals surface area contributed by atoms with E-state index >= 15 is 0 Å². The Labute approximate surface area is 149 Å². The van der Waals surface area contributed by atoms with Crippen LogP contribution in [0.1, 0.15) is 17.3 Å². The van der Waals surface area contributed by atoms with Crippen molar-refractivity contribution in [2.75, 3.05) is 6.61 Å². The molecule has 0 radical (unpaired) electrons. The summed E-state index contributed by atoms with van der Waals surface area (Å²) in [5.74, 6) is 0.168. The summed E-state index contributed by atoms with van der Waals surface area (Å²) in [7, 11) is 0. The number of rotatable bonds is 4. The van der Waals surface area contributed by atoms with Gasteiger partial charge in [-0.1, -0.05) is 12.1 Å². The number of nitrogens with zero attached hydrogens (tertiary/aromatic N) is 5. The lowest BCUT2D eigenvalue weighted by molar-refractivity contribution is 0.0526. The Bertz CT molecular complexity index is 1060. The van der Waals surface area contributed by atoms with Crippen molar-refractivity contribution in [2.24, 2.45) is 0 Å². The molecule has 0 fully saturated rings. The van der Waals surface area contributed by atoms with Crippen LogP contribution in [0.4, 0.5) is 0 Å². The second-order valence-corrected chi connectivity index (χ2v) is 5.53. The largest absolute Gasteiger partial charge is 0.462 e. The van der Waals surface area contributed by atoms with E-state index in [1.165, 1.54) is 6.33 Å². The first-order chi connectivity index (χ1) is 12.8. The summed E-state index contributed by atoms with van der Waals surface area (Å²) >= 11 is 0. The molecule has 0 saturated carbocycles. The summed E-state index contributed by atoms with van der Waals surface area (Å²) in [6.45, 7) is 2.13. The predicted molar refractivity (Wildman–Crippen MR) is 95.4 cm³/mol. The number of carbonyl (C=O) groups is 1. The Morgan fingerprint density at radius 2 is 1.85 bits per heavy atom. The lowest BCUT2D eigenvalue weighted by Gasteiger charge is -2.08. The van der Waals surface area contributed by atoms with Gasteiger partial charge in [0.1, 0.15) is 6.33 Å². The van der Waals surface area contributed by atoms with Crippen LogP contribution < -0.4 is 0 Å². The van der Waals surface area contributed by atoms with Crippen molar-refractivity contribution in [3.05, 3.63) is 66.7 Å². The SMILES string of the molecule is CCOC(=O)c1ccc(-c2cc(-c3ccncc3)n3ncnc3n2)cc1. The van der Waals surface area contributed by atoms with Gasteiger partial charge in [-0.05, 0) is 37.3 Å². The van der Waals surface area contributed by atoms with Crippen molar-refractivity contribution >= 4 is 11.7 Å². The number of carbonyl (C=O) groups excluding carboxylic acids is 1. The molecule has 0 spiro atoms. The maximum Gasteiger partial charge on any atom is 0.338 e. The number of benzene rings is 1. The molecule has 0 N–H and O–H groups in total. The van der Waals surface area contributed by atoms with Gasteiger partial charge < -0.3 is 4.74 Å². The summed E-state index contributed by atoms with van der Waals surface area (Å²) in [5, 5.41) is 4.25. The van der Waals surface area contributed by atoms with Gasteiger partial charge in [-0.2, -0.15) is 14.6 Å². The first kappa shape index (κ1) is 15.9.